The van der Waals surface area contributed by atoms with Gasteiger partial charge in [-0.05, 0) is 43.9 Å². The van der Waals surface area contributed by atoms with E-state index in [9.17, 15) is 0 Å². The van der Waals surface area contributed by atoms with Gasteiger partial charge < -0.3 is 10.6 Å². The van der Waals surface area contributed by atoms with Crippen molar-refractivity contribution < 1.29 is 0 Å². The molecule has 0 aliphatic carbocycles. The summed E-state index contributed by atoms with van der Waals surface area (Å²) in [5, 5.41) is 4.31. The third-order valence-electron chi connectivity index (χ3n) is 3.38. The van der Waals surface area contributed by atoms with Crippen molar-refractivity contribution in [2.45, 2.75) is 25.3 Å². The van der Waals surface area contributed by atoms with Crippen LogP contribution in [0.15, 0.2) is 12.3 Å². The van der Waals surface area contributed by atoms with Gasteiger partial charge in [0.2, 0.25) is 0 Å². The molecule has 1 aromatic heterocycles. The fourth-order valence-electron chi connectivity index (χ4n) is 2.40. The molecule has 96 valence electrons. The zero-order valence-corrected chi connectivity index (χ0v) is 11.3. The summed E-state index contributed by atoms with van der Waals surface area (Å²) in [7, 11) is 0. The lowest BCUT2D eigenvalue weighted by Gasteiger charge is -2.31. The molecule has 4 nitrogen and oxygen atoms in total. The summed E-state index contributed by atoms with van der Waals surface area (Å²) < 4.78 is 2.04. The van der Waals surface area contributed by atoms with Crippen molar-refractivity contribution in [3.63, 3.8) is 0 Å². The SMILES string of the molecule is CSCCCN1CCC(n2ccc(N)n2)CC1. The fraction of sp³-hybridized carbons (Fsp3) is 0.750. The van der Waals surface area contributed by atoms with Gasteiger partial charge >= 0.3 is 0 Å². The molecule has 2 rings (SSSR count). The molecule has 2 N–H and O–H groups in total. The van der Waals surface area contributed by atoms with E-state index < -0.39 is 0 Å². The molecule has 1 aliphatic heterocycles. The van der Waals surface area contributed by atoms with Gasteiger partial charge in [0.15, 0.2) is 0 Å². The number of hydrogen-bond acceptors (Lipinski definition) is 4. The highest BCUT2D eigenvalue weighted by molar-refractivity contribution is 7.98. The average Bonchev–Trinajstić information content (AvgIpc) is 2.77. The predicted octanol–water partition coefficient (Wildman–Crippen LogP) is 1.86. The van der Waals surface area contributed by atoms with Crippen molar-refractivity contribution in [2.75, 3.05) is 37.4 Å². The monoisotopic (exact) mass is 254 g/mol. The van der Waals surface area contributed by atoms with Gasteiger partial charge in [0.05, 0.1) is 6.04 Å². The smallest absolute Gasteiger partial charge is 0.145 e. The molecule has 2 heterocycles. The Labute approximate surface area is 108 Å². The van der Waals surface area contributed by atoms with Crippen molar-refractivity contribution in [1.29, 1.82) is 0 Å². The van der Waals surface area contributed by atoms with Gasteiger partial charge in [-0.3, -0.25) is 4.68 Å². The van der Waals surface area contributed by atoms with Crippen LogP contribution in [0.1, 0.15) is 25.3 Å². The van der Waals surface area contributed by atoms with E-state index >= 15 is 0 Å². The Balaban J connectivity index is 1.74. The lowest BCUT2D eigenvalue weighted by atomic mass is 10.1. The zero-order valence-electron chi connectivity index (χ0n) is 10.5. The molecule has 17 heavy (non-hydrogen) atoms. The van der Waals surface area contributed by atoms with Gasteiger partial charge in [-0.1, -0.05) is 0 Å². The Morgan fingerprint density at radius 2 is 2.24 bits per heavy atom. The summed E-state index contributed by atoms with van der Waals surface area (Å²) >= 11 is 1.94. The maximum atomic E-state index is 5.65. The Kier molecular flexibility index (Phi) is 4.74. The minimum atomic E-state index is 0.545. The first kappa shape index (κ1) is 12.8. The zero-order chi connectivity index (χ0) is 12.1. The summed E-state index contributed by atoms with van der Waals surface area (Å²) in [6, 6.07) is 2.43. The van der Waals surface area contributed by atoms with Crippen molar-refractivity contribution in [3.05, 3.63) is 12.3 Å². The van der Waals surface area contributed by atoms with Crippen LogP contribution in [0.2, 0.25) is 0 Å². The number of piperidine rings is 1. The number of thioether (sulfide) groups is 1. The minimum Gasteiger partial charge on any atom is -0.382 e. The van der Waals surface area contributed by atoms with Crippen LogP contribution in [0.4, 0.5) is 5.82 Å². The van der Waals surface area contributed by atoms with Crippen LogP contribution in [0, 0.1) is 0 Å². The second-order valence-electron chi connectivity index (χ2n) is 4.64. The Hall–Kier alpha value is -0.680. The highest BCUT2D eigenvalue weighted by atomic mass is 32.2. The minimum absolute atomic E-state index is 0.545. The highest BCUT2D eigenvalue weighted by Gasteiger charge is 2.20. The molecule has 1 saturated heterocycles. The van der Waals surface area contributed by atoms with Crippen LogP contribution in [-0.4, -0.2) is 46.3 Å². The van der Waals surface area contributed by atoms with Crippen LogP contribution >= 0.6 is 11.8 Å². The maximum absolute atomic E-state index is 5.65. The number of rotatable bonds is 5. The van der Waals surface area contributed by atoms with E-state index in [2.05, 4.69) is 16.3 Å². The predicted molar refractivity (Wildman–Crippen MR) is 74.3 cm³/mol. The Morgan fingerprint density at radius 3 is 2.82 bits per heavy atom. The van der Waals surface area contributed by atoms with Gasteiger partial charge in [-0.25, -0.2) is 0 Å². The molecule has 0 atom stereocenters. The van der Waals surface area contributed by atoms with Gasteiger partial charge in [-0.2, -0.15) is 16.9 Å². The van der Waals surface area contributed by atoms with Crippen molar-refractivity contribution in [2.24, 2.45) is 0 Å². The summed E-state index contributed by atoms with van der Waals surface area (Å²) in [6.45, 7) is 3.63. The van der Waals surface area contributed by atoms with Crippen LogP contribution in [0.5, 0.6) is 0 Å². The van der Waals surface area contributed by atoms with E-state index in [0.29, 0.717) is 11.9 Å². The Bertz CT molecular complexity index is 331. The molecular weight excluding hydrogens is 232 g/mol. The number of nitrogens with two attached hydrogens (primary N) is 1. The van der Waals surface area contributed by atoms with Gasteiger partial charge in [0.25, 0.3) is 0 Å². The normalized spacial score (nSPS) is 18.6. The Morgan fingerprint density at radius 1 is 1.47 bits per heavy atom. The van der Waals surface area contributed by atoms with Gasteiger partial charge in [0, 0.05) is 19.3 Å². The quantitative estimate of drug-likeness (QED) is 0.815. The number of aromatic nitrogens is 2. The number of hydrogen-bond donors (Lipinski definition) is 1. The second-order valence-corrected chi connectivity index (χ2v) is 5.63. The van der Waals surface area contributed by atoms with Crippen LogP contribution in [-0.2, 0) is 0 Å². The summed E-state index contributed by atoms with van der Waals surface area (Å²) in [5.74, 6) is 1.91. The summed E-state index contributed by atoms with van der Waals surface area (Å²) in [6.07, 6.45) is 7.87. The highest BCUT2D eigenvalue weighted by Crippen LogP contribution is 2.22. The first-order chi connectivity index (χ1) is 8.29. The third-order valence-corrected chi connectivity index (χ3v) is 4.08. The van der Waals surface area contributed by atoms with Gasteiger partial charge in [-0.15, -0.1) is 0 Å². The molecule has 0 saturated carbocycles. The topological polar surface area (TPSA) is 47.1 Å². The fourth-order valence-corrected chi connectivity index (χ4v) is 2.81. The molecule has 0 unspecified atom stereocenters. The molecule has 1 aliphatic rings. The standard InChI is InChI=1S/C12H22N4S/c1-17-10-2-6-15-7-3-11(4-8-15)16-9-5-12(13)14-16/h5,9,11H,2-4,6-8,10H2,1H3,(H2,13,14). The average molecular weight is 254 g/mol. The molecule has 0 radical (unpaired) electrons. The third kappa shape index (κ3) is 3.64. The molecule has 1 aromatic rings. The van der Waals surface area contributed by atoms with Crippen molar-refractivity contribution >= 4 is 17.6 Å². The van der Waals surface area contributed by atoms with Crippen molar-refractivity contribution in [1.82, 2.24) is 14.7 Å². The number of likely N-dealkylation sites (tertiary alicyclic amines) is 1. The van der Waals surface area contributed by atoms with Crippen LogP contribution in [0.3, 0.4) is 0 Å². The second kappa shape index (κ2) is 6.31. The lowest BCUT2D eigenvalue weighted by molar-refractivity contribution is 0.181. The summed E-state index contributed by atoms with van der Waals surface area (Å²) in [5.41, 5.74) is 5.65. The number of nitrogens with zero attached hydrogens (tertiary/aromatic N) is 3. The van der Waals surface area contributed by atoms with Crippen molar-refractivity contribution in [3.8, 4) is 0 Å². The molecule has 5 heteroatoms. The van der Waals surface area contributed by atoms with E-state index in [0.717, 1.165) is 0 Å². The summed E-state index contributed by atoms with van der Waals surface area (Å²) in [4.78, 5) is 2.57. The van der Waals surface area contributed by atoms with E-state index in [-0.39, 0.29) is 0 Å². The molecule has 0 spiro atoms. The molecule has 0 aromatic carbocycles. The molecule has 0 bridgehead atoms. The van der Waals surface area contributed by atoms with Crippen LogP contribution in [0.25, 0.3) is 0 Å². The van der Waals surface area contributed by atoms with E-state index in [1.165, 1.54) is 44.6 Å². The number of anilines is 1. The molecule has 0 amide bonds. The van der Waals surface area contributed by atoms with Gasteiger partial charge in [0.1, 0.15) is 5.82 Å². The first-order valence-corrected chi connectivity index (χ1v) is 7.71. The lowest BCUT2D eigenvalue weighted by Crippen LogP contribution is -2.35. The largest absolute Gasteiger partial charge is 0.382 e. The first-order valence-electron chi connectivity index (χ1n) is 6.31. The maximum Gasteiger partial charge on any atom is 0.145 e. The van der Waals surface area contributed by atoms with E-state index in [1.54, 1.807) is 0 Å². The molecular formula is C12H22N4S. The van der Waals surface area contributed by atoms with E-state index in [4.69, 9.17) is 5.73 Å². The number of nitrogen functional groups attached to an aromatic ring is 1. The van der Waals surface area contributed by atoms with E-state index in [1.807, 2.05) is 28.7 Å². The van der Waals surface area contributed by atoms with Crippen LogP contribution < -0.4 is 5.73 Å². The molecule has 1 fully saturated rings.